The van der Waals surface area contributed by atoms with Gasteiger partial charge in [0.1, 0.15) is 0 Å². The fourth-order valence-corrected chi connectivity index (χ4v) is 3.39. The second-order valence-corrected chi connectivity index (χ2v) is 6.25. The Balaban J connectivity index is 1.50. The van der Waals surface area contributed by atoms with Gasteiger partial charge in [-0.3, -0.25) is 4.99 Å². The Morgan fingerprint density at radius 1 is 1.32 bits per heavy atom. The highest BCUT2D eigenvalue weighted by Gasteiger charge is 2.23. The van der Waals surface area contributed by atoms with Crippen LogP contribution in [0, 0.1) is 0 Å². The third kappa shape index (κ3) is 3.80. The molecule has 2 heterocycles. The minimum Gasteiger partial charge on any atom is -0.369 e. The molecule has 5 heteroatoms. The molecule has 4 nitrogen and oxygen atoms in total. The maximum absolute atomic E-state index is 4.33. The number of thiophene rings is 1. The number of guanidine groups is 1. The van der Waals surface area contributed by atoms with Crippen molar-refractivity contribution in [3.05, 3.63) is 52.7 Å². The number of nitrogens with zero attached hydrogens (tertiary/aromatic N) is 2. The Morgan fingerprint density at radius 3 is 2.91 bits per heavy atom. The molecule has 1 fully saturated rings. The number of aliphatic imine (C=N–C) groups is 1. The highest BCUT2D eigenvalue weighted by molar-refractivity contribution is 7.07. The molecule has 1 unspecified atom stereocenters. The molecule has 1 aromatic heterocycles. The van der Waals surface area contributed by atoms with Gasteiger partial charge in [-0.05, 0) is 40.9 Å². The van der Waals surface area contributed by atoms with Gasteiger partial charge in [0, 0.05) is 38.4 Å². The zero-order valence-corrected chi connectivity index (χ0v) is 13.6. The average molecular weight is 314 g/mol. The molecule has 1 saturated heterocycles. The van der Waals surface area contributed by atoms with E-state index in [4.69, 9.17) is 0 Å². The van der Waals surface area contributed by atoms with Gasteiger partial charge in [-0.1, -0.05) is 18.2 Å². The molecular weight excluding hydrogens is 292 g/mol. The first-order valence-corrected chi connectivity index (χ1v) is 8.57. The van der Waals surface area contributed by atoms with Gasteiger partial charge in [-0.25, -0.2) is 0 Å². The summed E-state index contributed by atoms with van der Waals surface area (Å²) in [6, 6.07) is 13.2. The lowest BCUT2D eigenvalue weighted by Crippen LogP contribution is -2.44. The molecule has 22 heavy (non-hydrogen) atoms. The zero-order chi connectivity index (χ0) is 15.2. The van der Waals surface area contributed by atoms with Gasteiger partial charge in [0.15, 0.2) is 5.96 Å². The standard InChI is InChI=1S/C17H22N4S/c1-18-17(19-11-14-8-10-22-13-14)20-15-7-9-21(12-15)16-5-3-2-4-6-16/h2-6,8,10,13,15H,7,9,11-12H2,1H3,(H2,18,19,20). The van der Waals surface area contributed by atoms with Crippen molar-refractivity contribution < 1.29 is 0 Å². The zero-order valence-electron chi connectivity index (χ0n) is 12.8. The van der Waals surface area contributed by atoms with Crippen LogP contribution in [0.5, 0.6) is 0 Å². The van der Waals surface area contributed by atoms with Crippen molar-refractivity contribution in [3.63, 3.8) is 0 Å². The van der Waals surface area contributed by atoms with Gasteiger partial charge in [-0.2, -0.15) is 11.3 Å². The van der Waals surface area contributed by atoms with Crippen molar-refractivity contribution in [2.45, 2.75) is 19.0 Å². The van der Waals surface area contributed by atoms with E-state index in [1.165, 1.54) is 11.3 Å². The Kier molecular flexibility index (Phi) is 4.96. The van der Waals surface area contributed by atoms with Crippen LogP contribution in [0.4, 0.5) is 5.69 Å². The summed E-state index contributed by atoms with van der Waals surface area (Å²) in [5.74, 6) is 0.881. The number of benzene rings is 1. The third-order valence-corrected chi connectivity index (χ3v) is 4.65. The van der Waals surface area contributed by atoms with E-state index in [1.807, 2.05) is 7.05 Å². The molecule has 1 atom stereocenters. The number of nitrogens with one attached hydrogen (secondary N) is 2. The molecule has 1 aliphatic heterocycles. The monoisotopic (exact) mass is 314 g/mol. The van der Waals surface area contributed by atoms with Gasteiger partial charge in [-0.15, -0.1) is 0 Å². The van der Waals surface area contributed by atoms with Crippen LogP contribution in [0.15, 0.2) is 52.2 Å². The van der Waals surface area contributed by atoms with Crippen LogP contribution in [0.3, 0.4) is 0 Å². The summed E-state index contributed by atoms with van der Waals surface area (Å²) in [4.78, 5) is 6.75. The molecule has 1 aliphatic rings. The lowest BCUT2D eigenvalue weighted by atomic mass is 10.2. The van der Waals surface area contributed by atoms with E-state index in [2.05, 4.69) is 67.7 Å². The first-order chi connectivity index (χ1) is 10.8. The second-order valence-electron chi connectivity index (χ2n) is 5.47. The van der Waals surface area contributed by atoms with Crippen LogP contribution in [0.25, 0.3) is 0 Å². The molecule has 1 aromatic carbocycles. The van der Waals surface area contributed by atoms with Crippen molar-refractivity contribution in [2.24, 2.45) is 4.99 Å². The van der Waals surface area contributed by atoms with Crippen molar-refractivity contribution in [1.82, 2.24) is 10.6 Å². The lowest BCUT2D eigenvalue weighted by molar-refractivity contribution is 0.649. The van der Waals surface area contributed by atoms with E-state index in [1.54, 1.807) is 11.3 Å². The SMILES string of the molecule is CN=C(NCc1ccsc1)NC1CCN(c2ccccc2)C1. The Labute approximate surface area is 135 Å². The first kappa shape index (κ1) is 14.9. The fourth-order valence-electron chi connectivity index (χ4n) is 2.72. The van der Waals surface area contributed by atoms with E-state index in [-0.39, 0.29) is 0 Å². The van der Waals surface area contributed by atoms with E-state index >= 15 is 0 Å². The van der Waals surface area contributed by atoms with E-state index in [0.717, 1.165) is 32.0 Å². The smallest absolute Gasteiger partial charge is 0.191 e. The Morgan fingerprint density at radius 2 is 2.18 bits per heavy atom. The molecular formula is C17H22N4S. The number of hydrogen-bond donors (Lipinski definition) is 2. The summed E-state index contributed by atoms with van der Waals surface area (Å²) in [7, 11) is 1.83. The fraction of sp³-hybridized carbons (Fsp3) is 0.353. The Hall–Kier alpha value is -2.01. The summed E-state index contributed by atoms with van der Waals surface area (Å²) in [5.41, 5.74) is 2.60. The molecule has 2 aromatic rings. The molecule has 0 amide bonds. The third-order valence-electron chi connectivity index (χ3n) is 3.91. The van der Waals surface area contributed by atoms with E-state index in [0.29, 0.717) is 6.04 Å². The van der Waals surface area contributed by atoms with Crippen LogP contribution in [-0.2, 0) is 6.54 Å². The summed E-state index contributed by atoms with van der Waals surface area (Å²) in [6.07, 6.45) is 1.13. The van der Waals surface area contributed by atoms with Gasteiger partial charge in [0.25, 0.3) is 0 Å². The normalized spacial score (nSPS) is 18.5. The largest absolute Gasteiger partial charge is 0.369 e. The topological polar surface area (TPSA) is 39.7 Å². The molecule has 3 rings (SSSR count). The number of para-hydroxylation sites is 1. The van der Waals surface area contributed by atoms with Crippen LogP contribution in [-0.4, -0.2) is 32.1 Å². The van der Waals surface area contributed by atoms with Gasteiger partial charge >= 0.3 is 0 Å². The van der Waals surface area contributed by atoms with Crippen LogP contribution >= 0.6 is 11.3 Å². The lowest BCUT2D eigenvalue weighted by Gasteiger charge is -2.20. The second kappa shape index (κ2) is 7.31. The molecule has 0 radical (unpaired) electrons. The van der Waals surface area contributed by atoms with Crippen molar-refractivity contribution in [1.29, 1.82) is 0 Å². The number of anilines is 1. The van der Waals surface area contributed by atoms with Crippen molar-refractivity contribution in [3.8, 4) is 0 Å². The van der Waals surface area contributed by atoms with Crippen LogP contribution in [0.1, 0.15) is 12.0 Å². The van der Waals surface area contributed by atoms with E-state index < -0.39 is 0 Å². The quantitative estimate of drug-likeness (QED) is 0.673. The van der Waals surface area contributed by atoms with Crippen LogP contribution < -0.4 is 15.5 Å². The summed E-state index contributed by atoms with van der Waals surface area (Å²) < 4.78 is 0. The van der Waals surface area contributed by atoms with Crippen molar-refractivity contribution >= 4 is 23.0 Å². The van der Waals surface area contributed by atoms with E-state index in [9.17, 15) is 0 Å². The minimum atomic E-state index is 0.439. The number of hydrogen-bond acceptors (Lipinski definition) is 3. The van der Waals surface area contributed by atoms with Crippen molar-refractivity contribution in [2.75, 3.05) is 25.0 Å². The highest BCUT2D eigenvalue weighted by Crippen LogP contribution is 2.19. The molecule has 0 spiro atoms. The summed E-state index contributed by atoms with van der Waals surface area (Å²) >= 11 is 1.72. The maximum Gasteiger partial charge on any atom is 0.191 e. The predicted molar refractivity (Wildman–Crippen MR) is 94.7 cm³/mol. The summed E-state index contributed by atoms with van der Waals surface area (Å²) in [6.45, 7) is 2.92. The van der Waals surface area contributed by atoms with Gasteiger partial charge < -0.3 is 15.5 Å². The first-order valence-electron chi connectivity index (χ1n) is 7.63. The van der Waals surface area contributed by atoms with Gasteiger partial charge in [0.05, 0.1) is 0 Å². The average Bonchev–Trinajstić information content (AvgIpc) is 3.24. The highest BCUT2D eigenvalue weighted by atomic mass is 32.1. The Bertz CT molecular complexity index is 594. The molecule has 116 valence electrons. The molecule has 0 bridgehead atoms. The molecule has 0 saturated carbocycles. The predicted octanol–water partition coefficient (Wildman–Crippen LogP) is 2.69. The minimum absolute atomic E-state index is 0.439. The molecule has 2 N–H and O–H groups in total. The summed E-state index contributed by atoms with van der Waals surface area (Å²) in [5, 5.41) is 11.2. The maximum atomic E-state index is 4.33. The number of rotatable bonds is 4. The van der Waals surface area contributed by atoms with Crippen LogP contribution in [0.2, 0.25) is 0 Å². The van der Waals surface area contributed by atoms with Gasteiger partial charge in [0.2, 0.25) is 0 Å². The molecule has 0 aliphatic carbocycles.